The molecule has 2 N–H and O–H groups in total. The fourth-order valence-corrected chi connectivity index (χ4v) is 2.81. The van der Waals surface area contributed by atoms with Gasteiger partial charge in [0.25, 0.3) is 11.8 Å². The number of carbonyl (C=O) groups is 2. The molecule has 126 valence electrons. The Hall–Kier alpha value is -1.57. The minimum absolute atomic E-state index is 0.279. The third-order valence-electron chi connectivity index (χ3n) is 3.00. The highest BCUT2D eigenvalue weighted by Gasteiger charge is 2.10. The first-order valence-corrected chi connectivity index (χ1v) is 8.76. The first-order chi connectivity index (χ1) is 11.4. The van der Waals surface area contributed by atoms with Gasteiger partial charge in [0.15, 0.2) is 6.61 Å². The van der Waals surface area contributed by atoms with Gasteiger partial charge in [-0.15, -0.1) is 0 Å². The van der Waals surface area contributed by atoms with Gasteiger partial charge in [-0.2, -0.15) is 0 Å². The van der Waals surface area contributed by atoms with E-state index in [4.69, 9.17) is 16.3 Å². The van der Waals surface area contributed by atoms with Gasteiger partial charge in [-0.25, -0.2) is 0 Å². The monoisotopic (exact) mass is 474 g/mol. The van der Waals surface area contributed by atoms with Gasteiger partial charge in [0, 0.05) is 14.5 Å². The van der Waals surface area contributed by atoms with Crippen LogP contribution in [0.25, 0.3) is 0 Å². The Morgan fingerprint density at radius 2 is 1.88 bits per heavy atom. The molecule has 2 amide bonds. The number of hydrogen-bond donors (Lipinski definition) is 2. The van der Waals surface area contributed by atoms with Gasteiger partial charge in [0.2, 0.25) is 0 Å². The Labute approximate surface area is 160 Å². The Morgan fingerprint density at radius 1 is 1.12 bits per heavy atom. The second kappa shape index (κ2) is 8.50. The number of ether oxygens (including phenoxy) is 1. The average Bonchev–Trinajstić information content (AvgIpc) is 2.54. The highest BCUT2D eigenvalue weighted by atomic mass is 79.9. The Balaban J connectivity index is 1.84. The van der Waals surface area contributed by atoms with Crippen LogP contribution in [0.3, 0.4) is 0 Å². The highest BCUT2D eigenvalue weighted by molar-refractivity contribution is 9.10. The smallest absolute Gasteiger partial charge is 0.276 e. The number of hydrazine groups is 1. The number of rotatable bonds is 4. The second-order valence-corrected chi connectivity index (χ2v) is 7.01. The number of hydrogen-bond acceptors (Lipinski definition) is 3. The molecule has 2 rings (SSSR count). The largest absolute Gasteiger partial charge is 0.482 e. The molecule has 0 aliphatic rings. The summed E-state index contributed by atoms with van der Waals surface area (Å²) >= 11 is 12.6. The molecule has 0 saturated carbocycles. The lowest BCUT2D eigenvalue weighted by Crippen LogP contribution is -2.43. The molecule has 0 unspecified atom stereocenters. The summed E-state index contributed by atoms with van der Waals surface area (Å²) in [5, 5.41) is 0.380. The van der Waals surface area contributed by atoms with Crippen LogP contribution in [0.15, 0.2) is 45.3 Å². The van der Waals surface area contributed by atoms with Gasteiger partial charge in [-0.3, -0.25) is 20.4 Å². The third kappa shape index (κ3) is 5.22. The molecule has 8 heteroatoms. The van der Waals surface area contributed by atoms with E-state index in [9.17, 15) is 9.59 Å². The van der Waals surface area contributed by atoms with Crippen LogP contribution >= 0.6 is 43.5 Å². The number of aryl methyl sites for hydroxylation is 1. The van der Waals surface area contributed by atoms with E-state index in [-0.39, 0.29) is 6.61 Å². The van der Waals surface area contributed by atoms with Crippen molar-refractivity contribution in [1.29, 1.82) is 0 Å². The molecule has 0 aliphatic carbocycles. The fourth-order valence-electron chi connectivity index (χ4n) is 1.70. The van der Waals surface area contributed by atoms with E-state index in [1.807, 2.05) is 6.92 Å². The molecular formula is C16H13Br2ClN2O3. The number of halogens is 3. The van der Waals surface area contributed by atoms with Crippen LogP contribution < -0.4 is 15.6 Å². The second-order valence-electron chi connectivity index (χ2n) is 4.83. The van der Waals surface area contributed by atoms with Crippen molar-refractivity contribution in [2.75, 3.05) is 6.61 Å². The van der Waals surface area contributed by atoms with Crippen LogP contribution in [-0.4, -0.2) is 18.4 Å². The van der Waals surface area contributed by atoms with Crippen molar-refractivity contribution in [3.05, 3.63) is 61.5 Å². The molecule has 0 aliphatic heterocycles. The first kappa shape index (κ1) is 18.8. The minimum atomic E-state index is -0.506. The van der Waals surface area contributed by atoms with Crippen LogP contribution in [0.1, 0.15) is 15.9 Å². The van der Waals surface area contributed by atoms with Crippen molar-refractivity contribution in [3.8, 4) is 5.75 Å². The molecule has 0 bridgehead atoms. The van der Waals surface area contributed by atoms with Crippen LogP contribution in [-0.2, 0) is 4.79 Å². The topological polar surface area (TPSA) is 67.4 Å². The molecular weight excluding hydrogens is 463 g/mol. The average molecular weight is 477 g/mol. The number of amides is 2. The van der Waals surface area contributed by atoms with Gasteiger partial charge >= 0.3 is 0 Å². The summed E-state index contributed by atoms with van der Waals surface area (Å²) in [6.45, 7) is 1.64. The molecule has 2 aromatic carbocycles. The van der Waals surface area contributed by atoms with Crippen LogP contribution in [0, 0.1) is 6.92 Å². The van der Waals surface area contributed by atoms with E-state index in [0.717, 1.165) is 14.5 Å². The fraction of sp³-hybridized carbons (Fsp3) is 0.125. The molecule has 0 heterocycles. The molecule has 0 radical (unpaired) electrons. The van der Waals surface area contributed by atoms with Crippen molar-refractivity contribution in [3.63, 3.8) is 0 Å². The maximum Gasteiger partial charge on any atom is 0.276 e. The normalized spacial score (nSPS) is 10.2. The predicted molar refractivity (Wildman–Crippen MR) is 99.1 cm³/mol. The summed E-state index contributed by atoms with van der Waals surface area (Å²) in [5.74, 6) is -0.553. The Bertz CT molecular complexity index is 784. The minimum Gasteiger partial charge on any atom is -0.482 e. The summed E-state index contributed by atoms with van der Waals surface area (Å²) < 4.78 is 6.92. The first-order valence-electron chi connectivity index (χ1n) is 6.80. The zero-order valence-electron chi connectivity index (χ0n) is 12.5. The summed E-state index contributed by atoms with van der Waals surface area (Å²) in [6.07, 6.45) is 0. The zero-order valence-corrected chi connectivity index (χ0v) is 16.5. The van der Waals surface area contributed by atoms with Crippen LogP contribution in [0.2, 0.25) is 5.02 Å². The Morgan fingerprint density at radius 3 is 2.54 bits per heavy atom. The molecule has 0 aromatic heterocycles. The number of carbonyl (C=O) groups excluding carboxylic acids is 2. The van der Waals surface area contributed by atoms with E-state index in [0.29, 0.717) is 16.3 Å². The van der Waals surface area contributed by atoms with E-state index in [2.05, 4.69) is 42.7 Å². The predicted octanol–water partition coefficient (Wildman–Crippen LogP) is 4.01. The molecule has 0 fully saturated rings. The summed E-state index contributed by atoms with van der Waals surface area (Å²) in [5.41, 5.74) is 6.04. The molecule has 24 heavy (non-hydrogen) atoms. The van der Waals surface area contributed by atoms with Crippen molar-refractivity contribution >= 4 is 55.3 Å². The van der Waals surface area contributed by atoms with Gasteiger partial charge in [-0.05, 0) is 42.8 Å². The molecule has 0 spiro atoms. The quantitative estimate of drug-likeness (QED) is 0.656. The number of nitrogens with one attached hydrogen (secondary N) is 2. The molecule has 0 atom stereocenters. The third-order valence-corrected chi connectivity index (χ3v) is 4.65. The SMILES string of the molecule is Cc1ccc(C(=O)NNC(=O)COc2ccc(Br)cc2Cl)cc1Br. The maximum atomic E-state index is 12.0. The summed E-state index contributed by atoms with van der Waals surface area (Å²) in [4.78, 5) is 23.7. The van der Waals surface area contributed by atoms with Gasteiger partial charge in [-0.1, -0.05) is 49.5 Å². The molecule has 0 saturated heterocycles. The van der Waals surface area contributed by atoms with Crippen molar-refractivity contribution in [2.24, 2.45) is 0 Å². The highest BCUT2D eigenvalue weighted by Crippen LogP contribution is 2.27. The lowest BCUT2D eigenvalue weighted by molar-refractivity contribution is -0.123. The van der Waals surface area contributed by atoms with Crippen molar-refractivity contribution in [1.82, 2.24) is 10.9 Å². The van der Waals surface area contributed by atoms with Crippen molar-refractivity contribution in [2.45, 2.75) is 6.92 Å². The standard InChI is InChI=1S/C16H13Br2ClN2O3/c1-9-2-3-10(6-12(9)18)16(23)21-20-15(22)8-24-14-5-4-11(17)7-13(14)19/h2-7H,8H2,1H3,(H,20,22)(H,21,23). The Kier molecular flexibility index (Phi) is 6.65. The lowest BCUT2D eigenvalue weighted by atomic mass is 10.1. The van der Waals surface area contributed by atoms with Gasteiger partial charge < -0.3 is 4.74 Å². The van der Waals surface area contributed by atoms with Crippen LogP contribution in [0.4, 0.5) is 0 Å². The van der Waals surface area contributed by atoms with Gasteiger partial charge in [0.1, 0.15) is 5.75 Å². The van der Waals surface area contributed by atoms with Gasteiger partial charge in [0.05, 0.1) is 5.02 Å². The molecule has 2 aromatic rings. The summed E-state index contributed by atoms with van der Waals surface area (Å²) in [6, 6.07) is 10.2. The maximum absolute atomic E-state index is 12.0. The molecule has 5 nitrogen and oxygen atoms in total. The zero-order chi connectivity index (χ0) is 17.7. The van der Waals surface area contributed by atoms with E-state index in [1.54, 1.807) is 36.4 Å². The van der Waals surface area contributed by atoms with E-state index in [1.165, 1.54) is 0 Å². The summed E-state index contributed by atoms with van der Waals surface area (Å²) in [7, 11) is 0. The van der Waals surface area contributed by atoms with E-state index >= 15 is 0 Å². The number of benzene rings is 2. The van der Waals surface area contributed by atoms with E-state index < -0.39 is 11.8 Å². The lowest BCUT2D eigenvalue weighted by Gasteiger charge is -2.10. The van der Waals surface area contributed by atoms with Crippen LogP contribution in [0.5, 0.6) is 5.75 Å². The van der Waals surface area contributed by atoms with Crippen molar-refractivity contribution < 1.29 is 14.3 Å².